The molecule has 1 rings (SSSR count). The molecule has 0 saturated carbocycles. The SMILES string of the molecule is Cc1nsc(SCCC(C)(N)C(N)=O)n1. The summed E-state index contributed by atoms with van der Waals surface area (Å²) in [4.78, 5) is 15.1. The molecule has 0 radical (unpaired) electrons. The van der Waals surface area contributed by atoms with Crippen molar-refractivity contribution >= 4 is 29.2 Å². The van der Waals surface area contributed by atoms with Crippen molar-refractivity contribution in [3.8, 4) is 0 Å². The standard InChI is InChI=1S/C8H14N4OS2/c1-5-11-7(15-12-5)14-4-3-8(2,10)6(9)13/h3-4,10H2,1-2H3,(H2,9,13). The van der Waals surface area contributed by atoms with E-state index >= 15 is 0 Å². The number of nitrogens with zero attached hydrogens (tertiary/aromatic N) is 2. The van der Waals surface area contributed by atoms with Crippen LogP contribution in [0.2, 0.25) is 0 Å². The number of nitrogens with two attached hydrogens (primary N) is 2. The van der Waals surface area contributed by atoms with Gasteiger partial charge in [0.15, 0.2) is 4.34 Å². The van der Waals surface area contributed by atoms with Gasteiger partial charge in [0.2, 0.25) is 5.91 Å². The van der Waals surface area contributed by atoms with Gasteiger partial charge in [-0.05, 0) is 31.8 Å². The number of thioether (sulfide) groups is 1. The first-order chi connectivity index (χ1) is 6.92. The van der Waals surface area contributed by atoms with Gasteiger partial charge in [-0.1, -0.05) is 11.8 Å². The number of rotatable bonds is 5. The van der Waals surface area contributed by atoms with Gasteiger partial charge in [0.25, 0.3) is 0 Å². The third-order valence-electron chi connectivity index (χ3n) is 1.92. The highest BCUT2D eigenvalue weighted by Gasteiger charge is 2.25. The summed E-state index contributed by atoms with van der Waals surface area (Å²) in [5, 5.41) is 0. The third kappa shape index (κ3) is 3.77. The lowest BCUT2D eigenvalue weighted by atomic mass is 10.0. The number of hydrogen-bond donors (Lipinski definition) is 2. The first-order valence-electron chi connectivity index (χ1n) is 4.44. The summed E-state index contributed by atoms with van der Waals surface area (Å²) in [6.45, 7) is 3.48. The molecule has 84 valence electrons. The molecular weight excluding hydrogens is 232 g/mol. The first-order valence-corrected chi connectivity index (χ1v) is 6.19. The van der Waals surface area contributed by atoms with E-state index in [0.29, 0.717) is 12.2 Å². The summed E-state index contributed by atoms with van der Waals surface area (Å²) in [5.41, 5.74) is 9.93. The molecule has 7 heteroatoms. The van der Waals surface area contributed by atoms with E-state index in [1.165, 1.54) is 11.5 Å². The quantitative estimate of drug-likeness (QED) is 0.739. The zero-order valence-corrected chi connectivity index (χ0v) is 10.3. The van der Waals surface area contributed by atoms with Crippen molar-refractivity contribution in [3.63, 3.8) is 0 Å². The van der Waals surface area contributed by atoms with Crippen LogP contribution >= 0.6 is 23.3 Å². The molecule has 15 heavy (non-hydrogen) atoms. The number of amides is 1. The highest BCUT2D eigenvalue weighted by molar-refractivity contribution is 8.00. The van der Waals surface area contributed by atoms with Gasteiger partial charge >= 0.3 is 0 Å². The van der Waals surface area contributed by atoms with Crippen molar-refractivity contribution in [2.75, 3.05) is 5.75 Å². The first kappa shape index (κ1) is 12.4. The van der Waals surface area contributed by atoms with Crippen LogP contribution in [-0.4, -0.2) is 26.6 Å². The number of primary amides is 1. The maximum Gasteiger partial charge on any atom is 0.237 e. The summed E-state index contributed by atoms with van der Waals surface area (Å²) >= 11 is 2.90. The van der Waals surface area contributed by atoms with Gasteiger partial charge in [-0.25, -0.2) is 4.98 Å². The monoisotopic (exact) mass is 246 g/mol. The average molecular weight is 246 g/mol. The minimum Gasteiger partial charge on any atom is -0.368 e. The average Bonchev–Trinajstić information content (AvgIpc) is 2.51. The fourth-order valence-corrected chi connectivity index (χ4v) is 2.70. The molecule has 1 atom stereocenters. The Balaban J connectivity index is 2.36. The molecule has 1 heterocycles. The molecule has 0 aliphatic carbocycles. The van der Waals surface area contributed by atoms with E-state index in [9.17, 15) is 4.79 Å². The fourth-order valence-electron chi connectivity index (χ4n) is 0.810. The highest BCUT2D eigenvalue weighted by atomic mass is 32.2. The van der Waals surface area contributed by atoms with Crippen molar-refractivity contribution < 1.29 is 4.79 Å². The Morgan fingerprint density at radius 2 is 2.33 bits per heavy atom. The minimum atomic E-state index is -0.938. The van der Waals surface area contributed by atoms with Crippen LogP contribution in [0.5, 0.6) is 0 Å². The summed E-state index contributed by atoms with van der Waals surface area (Å²) < 4.78 is 4.95. The van der Waals surface area contributed by atoms with E-state index in [0.717, 1.165) is 10.2 Å². The largest absolute Gasteiger partial charge is 0.368 e. The normalized spacial score (nSPS) is 14.9. The van der Waals surface area contributed by atoms with Crippen molar-refractivity contribution in [1.82, 2.24) is 9.36 Å². The fraction of sp³-hybridized carbons (Fsp3) is 0.625. The molecule has 0 fully saturated rings. The molecule has 0 aliphatic rings. The molecular formula is C8H14N4OS2. The molecule has 0 aromatic carbocycles. The van der Waals surface area contributed by atoms with Gasteiger partial charge in [-0.15, -0.1) is 0 Å². The molecule has 0 saturated heterocycles. The second-order valence-corrected chi connectivity index (χ2v) is 5.58. The zero-order chi connectivity index (χ0) is 11.5. The second kappa shape index (κ2) is 4.91. The Labute approximate surface area is 96.8 Å². The van der Waals surface area contributed by atoms with Crippen molar-refractivity contribution in [2.45, 2.75) is 30.1 Å². The predicted octanol–water partition coefficient (Wildman–Crippen LogP) is 0.531. The molecule has 0 spiro atoms. The summed E-state index contributed by atoms with van der Waals surface area (Å²) in [6, 6.07) is 0. The van der Waals surface area contributed by atoms with Crippen LogP contribution in [0, 0.1) is 6.92 Å². The van der Waals surface area contributed by atoms with Crippen LogP contribution < -0.4 is 11.5 Å². The van der Waals surface area contributed by atoms with Gasteiger partial charge in [0, 0.05) is 5.75 Å². The smallest absolute Gasteiger partial charge is 0.237 e. The maximum absolute atomic E-state index is 10.9. The van der Waals surface area contributed by atoms with Crippen LogP contribution in [0.15, 0.2) is 4.34 Å². The van der Waals surface area contributed by atoms with Crippen molar-refractivity contribution in [1.29, 1.82) is 0 Å². The van der Waals surface area contributed by atoms with Gasteiger partial charge in [-0.3, -0.25) is 4.79 Å². The van der Waals surface area contributed by atoms with Crippen LogP contribution in [0.25, 0.3) is 0 Å². The van der Waals surface area contributed by atoms with Crippen LogP contribution in [0.1, 0.15) is 19.2 Å². The lowest BCUT2D eigenvalue weighted by molar-refractivity contribution is -0.122. The van der Waals surface area contributed by atoms with Crippen molar-refractivity contribution in [2.24, 2.45) is 11.5 Å². The predicted molar refractivity (Wildman–Crippen MR) is 61.8 cm³/mol. The number of carbonyl (C=O) groups is 1. The van der Waals surface area contributed by atoms with E-state index in [2.05, 4.69) is 9.36 Å². The Kier molecular flexibility index (Phi) is 4.06. The van der Waals surface area contributed by atoms with Crippen LogP contribution in [-0.2, 0) is 4.79 Å². The number of aryl methyl sites for hydroxylation is 1. The molecule has 4 N–H and O–H groups in total. The van der Waals surface area contributed by atoms with Crippen LogP contribution in [0.4, 0.5) is 0 Å². The molecule has 5 nitrogen and oxygen atoms in total. The third-order valence-corrected chi connectivity index (χ3v) is 3.85. The summed E-state index contributed by atoms with van der Waals surface area (Å²) in [6.07, 6.45) is 0.533. The topological polar surface area (TPSA) is 94.9 Å². The Hall–Kier alpha value is -0.660. The van der Waals surface area contributed by atoms with E-state index in [4.69, 9.17) is 11.5 Å². The van der Waals surface area contributed by atoms with E-state index < -0.39 is 11.4 Å². The van der Waals surface area contributed by atoms with E-state index in [-0.39, 0.29) is 0 Å². The zero-order valence-electron chi connectivity index (χ0n) is 8.69. The Morgan fingerprint density at radius 3 is 2.80 bits per heavy atom. The Morgan fingerprint density at radius 1 is 1.67 bits per heavy atom. The van der Waals surface area contributed by atoms with Gasteiger partial charge < -0.3 is 11.5 Å². The van der Waals surface area contributed by atoms with Gasteiger partial charge in [-0.2, -0.15) is 4.37 Å². The van der Waals surface area contributed by atoms with Crippen molar-refractivity contribution in [3.05, 3.63) is 5.82 Å². The number of hydrogen-bond acceptors (Lipinski definition) is 6. The Bertz CT molecular complexity index is 350. The number of carbonyl (C=O) groups excluding carboxylic acids is 1. The van der Waals surface area contributed by atoms with Gasteiger partial charge in [0.1, 0.15) is 5.82 Å². The molecule has 1 amide bonds. The number of aromatic nitrogens is 2. The molecule has 1 aromatic heterocycles. The molecule has 0 aliphatic heterocycles. The maximum atomic E-state index is 10.9. The molecule has 1 aromatic rings. The van der Waals surface area contributed by atoms with Gasteiger partial charge in [0.05, 0.1) is 5.54 Å². The lowest BCUT2D eigenvalue weighted by Crippen LogP contribution is -2.49. The van der Waals surface area contributed by atoms with E-state index in [1.54, 1.807) is 18.7 Å². The molecule has 0 bridgehead atoms. The summed E-state index contributed by atoms with van der Waals surface area (Å²) in [5.74, 6) is 1.01. The lowest BCUT2D eigenvalue weighted by Gasteiger charge is -2.19. The second-order valence-electron chi connectivity index (χ2n) is 3.49. The minimum absolute atomic E-state index is 0.475. The van der Waals surface area contributed by atoms with E-state index in [1.807, 2.05) is 6.92 Å². The van der Waals surface area contributed by atoms with Crippen LogP contribution in [0.3, 0.4) is 0 Å². The summed E-state index contributed by atoms with van der Waals surface area (Å²) in [7, 11) is 0. The highest BCUT2D eigenvalue weighted by Crippen LogP contribution is 2.22. The molecule has 1 unspecified atom stereocenters.